The molecule has 0 spiro atoms. The summed E-state index contributed by atoms with van der Waals surface area (Å²) in [6.45, 7) is 2.10. The minimum absolute atomic E-state index is 0. The van der Waals surface area contributed by atoms with Gasteiger partial charge in [-0.2, -0.15) is 0 Å². The number of benzene rings is 1. The number of halogens is 2. The number of hydrogen-bond acceptors (Lipinski definition) is 5. The number of hydrogen-bond donors (Lipinski definition) is 2. The summed E-state index contributed by atoms with van der Waals surface area (Å²) in [6.07, 6.45) is 2.10. The van der Waals surface area contributed by atoms with Gasteiger partial charge in [0.1, 0.15) is 0 Å². The molecule has 1 aromatic carbocycles. The molecule has 25 heavy (non-hydrogen) atoms. The number of piperidine rings is 1. The first-order valence-electron chi connectivity index (χ1n) is 8.26. The maximum atomic E-state index is 12.5. The number of carbonyl (C=O) groups excluding carboxylic acids is 1. The summed E-state index contributed by atoms with van der Waals surface area (Å²) >= 11 is 1.78. The molecule has 4 rings (SSSR count). The Balaban J connectivity index is 0.00000113. The normalized spacial score (nSPS) is 24.0. The summed E-state index contributed by atoms with van der Waals surface area (Å²) < 4.78 is 1.24. The molecular formula is C17H23Cl2N3O2S. The number of fused-ring (bicyclic) bond motifs is 1. The SMILES string of the molecule is Cl.Cl.O=C(C1CC(O)CN1)N1CCC(c2nc3ccccc3s2)CC1. The lowest BCUT2D eigenvalue weighted by molar-refractivity contribution is -0.134. The van der Waals surface area contributed by atoms with Gasteiger partial charge >= 0.3 is 0 Å². The van der Waals surface area contributed by atoms with Crippen molar-refractivity contribution in [2.24, 2.45) is 0 Å². The van der Waals surface area contributed by atoms with Gasteiger partial charge in [0.15, 0.2) is 0 Å². The Kier molecular flexibility index (Phi) is 7.05. The zero-order chi connectivity index (χ0) is 15.8. The van der Waals surface area contributed by atoms with Crippen molar-refractivity contribution in [3.8, 4) is 0 Å². The average molecular weight is 404 g/mol. The Morgan fingerprint density at radius 2 is 1.96 bits per heavy atom. The molecule has 0 bridgehead atoms. The second-order valence-corrected chi connectivity index (χ2v) is 7.53. The molecule has 0 saturated carbocycles. The lowest BCUT2D eigenvalue weighted by atomic mass is 9.97. The number of β-amino-alcohol motifs (C(OH)–C–C–N with tert-alkyl or cyclic N) is 1. The van der Waals surface area contributed by atoms with Crippen LogP contribution in [0.5, 0.6) is 0 Å². The zero-order valence-electron chi connectivity index (χ0n) is 13.8. The van der Waals surface area contributed by atoms with Crippen molar-refractivity contribution in [2.75, 3.05) is 19.6 Å². The van der Waals surface area contributed by atoms with Gasteiger partial charge in [-0.3, -0.25) is 4.79 Å². The van der Waals surface area contributed by atoms with E-state index >= 15 is 0 Å². The van der Waals surface area contributed by atoms with E-state index in [1.54, 1.807) is 11.3 Å². The quantitative estimate of drug-likeness (QED) is 0.808. The number of para-hydroxylation sites is 1. The molecule has 2 fully saturated rings. The fourth-order valence-corrected chi connectivity index (χ4v) is 4.67. The third kappa shape index (κ3) is 4.26. The van der Waals surface area contributed by atoms with E-state index in [-0.39, 0.29) is 42.9 Å². The smallest absolute Gasteiger partial charge is 0.239 e. The van der Waals surface area contributed by atoms with Gasteiger partial charge in [-0.15, -0.1) is 36.2 Å². The molecule has 2 aromatic rings. The van der Waals surface area contributed by atoms with Crippen molar-refractivity contribution in [3.63, 3.8) is 0 Å². The molecule has 1 amide bonds. The molecule has 138 valence electrons. The average Bonchev–Trinajstić information content (AvgIpc) is 3.20. The molecule has 0 radical (unpaired) electrons. The van der Waals surface area contributed by atoms with E-state index in [1.165, 1.54) is 9.71 Å². The van der Waals surface area contributed by atoms with E-state index in [2.05, 4.69) is 23.5 Å². The number of thiazole rings is 1. The maximum Gasteiger partial charge on any atom is 0.239 e. The van der Waals surface area contributed by atoms with Gasteiger partial charge in [0, 0.05) is 25.6 Å². The van der Waals surface area contributed by atoms with E-state index in [0.717, 1.165) is 31.4 Å². The molecule has 2 aliphatic heterocycles. The van der Waals surface area contributed by atoms with Crippen molar-refractivity contribution >= 4 is 52.3 Å². The van der Waals surface area contributed by atoms with Gasteiger partial charge in [0.2, 0.25) is 5.91 Å². The second kappa shape index (κ2) is 8.64. The predicted molar refractivity (Wildman–Crippen MR) is 105 cm³/mol. The third-order valence-corrected chi connectivity index (χ3v) is 6.07. The molecule has 2 unspecified atom stereocenters. The minimum Gasteiger partial charge on any atom is -0.392 e. The van der Waals surface area contributed by atoms with Crippen LogP contribution in [-0.2, 0) is 4.79 Å². The lowest BCUT2D eigenvalue weighted by Crippen LogP contribution is -2.46. The highest BCUT2D eigenvalue weighted by Gasteiger charge is 2.33. The molecule has 2 N–H and O–H groups in total. The number of aliphatic hydroxyl groups excluding tert-OH is 1. The van der Waals surface area contributed by atoms with Gasteiger partial charge in [-0.05, 0) is 31.4 Å². The maximum absolute atomic E-state index is 12.5. The van der Waals surface area contributed by atoms with Crippen LogP contribution in [0, 0.1) is 0 Å². The number of likely N-dealkylation sites (tertiary alicyclic amines) is 1. The van der Waals surface area contributed by atoms with Crippen molar-refractivity contribution in [3.05, 3.63) is 29.3 Å². The van der Waals surface area contributed by atoms with Crippen LogP contribution in [0.4, 0.5) is 0 Å². The van der Waals surface area contributed by atoms with Gasteiger partial charge in [-0.1, -0.05) is 12.1 Å². The van der Waals surface area contributed by atoms with Gasteiger partial charge < -0.3 is 15.3 Å². The van der Waals surface area contributed by atoms with Crippen LogP contribution < -0.4 is 5.32 Å². The standard InChI is InChI=1S/C17H21N3O2S.2ClH/c21-12-9-14(18-10-12)17(22)20-7-5-11(6-8-20)16-19-13-3-1-2-4-15(13)23-16;;/h1-4,11-12,14,18,21H,5-10H2;2*1H. The summed E-state index contributed by atoms with van der Waals surface area (Å²) in [5.41, 5.74) is 1.08. The van der Waals surface area contributed by atoms with Crippen molar-refractivity contribution in [1.82, 2.24) is 15.2 Å². The summed E-state index contributed by atoms with van der Waals surface area (Å²) in [7, 11) is 0. The second-order valence-electron chi connectivity index (χ2n) is 6.47. The van der Waals surface area contributed by atoms with Crippen molar-refractivity contribution in [2.45, 2.75) is 37.3 Å². The Bertz CT molecular complexity index is 686. The van der Waals surface area contributed by atoms with E-state index < -0.39 is 0 Å². The number of nitrogens with zero attached hydrogens (tertiary/aromatic N) is 2. The van der Waals surface area contributed by atoms with Crippen LogP contribution in [0.15, 0.2) is 24.3 Å². The first-order chi connectivity index (χ1) is 11.2. The van der Waals surface area contributed by atoms with Crippen LogP contribution in [0.1, 0.15) is 30.2 Å². The predicted octanol–water partition coefficient (Wildman–Crippen LogP) is 2.57. The fourth-order valence-electron chi connectivity index (χ4n) is 3.54. The van der Waals surface area contributed by atoms with Gasteiger partial charge in [-0.25, -0.2) is 4.98 Å². The van der Waals surface area contributed by atoms with Crippen LogP contribution in [0.25, 0.3) is 10.2 Å². The lowest BCUT2D eigenvalue weighted by Gasteiger charge is -2.32. The topological polar surface area (TPSA) is 65.5 Å². The summed E-state index contributed by atoms with van der Waals surface area (Å²) in [6, 6.07) is 8.05. The van der Waals surface area contributed by atoms with Crippen LogP contribution in [0.3, 0.4) is 0 Å². The van der Waals surface area contributed by atoms with Crippen LogP contribution in [-0.4, -0.2) is 52.7 Å². The molecule has 3 heterocycles. The molecular weight excluding hydrogens is 381 g/mol. The first kappa shape index (κ1) is 20.4. The number of nitrogens with one attached hydrogen (secondary N) is 1. The van der Waals surface area contributed by atoms with Crippen LogP contribution in [0.2, 0.25) is 0 Å². The Morgan fingerprint density at radius 1 is 1.24 bits per heavy atom. The number of aromatic nitrogens is 1. The summed E-state index contributed by atoms with van der Waals surface area (Å²) in [5, 5.41) is 13.9. The van der Waals surface area contributed by atoms with E-state index in [1.807, 2.05) is 11.0 Å². The highest BCUT2D eigenvalue weighted by molar-refractivity contribution is 7.18. The molecule has 2 saturated heterocycles. The van der Waals surface area contributed by atoms with Crippen molar-refractivity contribution < 1.29 is 9.90 Å². The molecule has 2 aliphatic rings. The van der Waals surface area contributed by atoms with E-state index in [0.29, 0.717) is 18.9 Å². The van der Waals surface area contributed by atoms with E-state index in [9.17, 15) is 9.90 Å². The minimum atomic E-state index is -0.385. The number of rotatable bonds is 2. The molecule has 5 nitrogen and oxygen atoms in total. The van der Waals surface area contributed by atoms with Gasteiger partial charge in [0.25, 0.3) is 0 Å². The Hall–Kier alpha value is -0.920. The van der Waals surface area contributed by atoms with Crippen molar-refractivity contribution in [1.29, 1.82) is 0 Å². The number of amides is 1. The summed E-state index contributed by atoms with van der Waals surface area (Å²) in [4.78, 5) is 19.2. The largest absolute Gasteiger partial charge is 0.392 e. The van der Waals surface area contributed by atoms with E-state index in [4.69, 9.17) is 4.98 Å². The highest BCUT2D eigenvalue weighted by Crippen LogP contribution is 2.34. The molecule has 0 aliphatic carbocycles. The number of carbonyl (C=O) groups is 1. The Morgan fingerprint density at radius 3 is 2.60 bits per heavy atom. The molecule has 1 aromatic heterocycles. The van der Waals surface area contributed by atoms with Crippen LogP contribution >= 0.6 is 36.2 Å². The first-order valence-corrected chi connectivity index (χ1v) is 9.08. The monoisotopic (exact) mass is 403 g/mol. The zero-order valence-corrected chi connectivity index (χ0v) is 16.2. The fraction of sp³-hybridized carbons (Fsp3) is 0.529. The highest BCUT2D eigenvalue weighted by atomic mass is 35.5. The summed E-state index contributed by atoms with van der Waals surface area (Å²) in [5.74, 6) is 0.600. The molecule has 8 heteroatoms. The molecule has 2 atom stereocenters. The Labute approximate surface area is 163 Å². The third-order valence-electron chi connectivity index (χ3n) is 4.87. The number of aliphatic hydroxyl groups is 1. The van der Waals surface area contributed by atoms with Gasteiger partial charge in [0.05, 0.1) is 27.4 Å².